The number of carbonyl (C=O) groups excluding carboxylic acids is 2. The summed E-state index contributed by atoms with van der Waals surface area (Å²) in [7, 11) is 1.34. The Morgan fingerprint density at radius 3 is 2.81 bits per heavy atom. The maximum atomic E-state index is 12.5. The van der Waals surface area contributed by atoms with Gasteiger partial charge in [0.25, 0.3) is 0 Å². The summed E-state index contributed by atoms with van der Waals surface area (Å²) in [6.07, 6.45) is 4.11. The van der Waals surface area contributed by atoms with Crippen molar-refractivity contribution in [2.75, 3.05) is 12.9 Å². The van der Waals surface area contributed by atoms with Crippen LogP contribution in [0.15, 0.2) is 5.03 Å². The van der Waals surface area contributed by atoms with Crippen molar-refractivity contribution in [3.05, 3.63) is 16.3 Å². The summed E-state index contributed by atoms with van der Waals surface area (Å²) in [6.45, 7) is 5.80. The van der Waals surface area contributed by atoms with Crippen molar-refractivity contribution in [3.8, 4) is 0 Å². The fraction of sp³-hybridized carbons (Fsp3) is 0.579. The summed E-state index contributed by atoms with van der Waals surface area (Å²) in [5.41, 5.74) is 1.35. The molecule has 0 radical (unpaired) electrons. The van der Waals surface area contributed by atoms with Crippen LogP contribution in [0, 0.1) is 12.8 Å². The third-order valence-electron chi connectivity index (χ3n) is 4.97. The van der Waals surface area contributed by atoms with Crippen LogP contribution < -0.4 is 5.32 Å². The number of aromatic nitrogens is 2. The number of carbonyl (C=O) groups is 2. The Morgan fingerprint density at radius 2 is 2.11 bits per heavy atom. The number of thioether (sulfide) groups is 1. The molecule has 0 saturated carbocycles. The maximum Gasteiger partial charge on any atom is 0.328 e. The normalized spacial score (nSPS) is 15.4. The van der Waals surface area contributed by atoms with Gasteiger partial charge in [0.05, 0.1) is 12.9 Å². The van der Waals surface area contributed by atoms with E-state index in [-0.39, 0.29) is 17.6 Å². The van der Waals surface area contributed by atoms with Crippen molar-refractivity contribution in [1.82, 2.24) is 15.3 Å². The highest BCUT2D eigenvalue weighted by atomic mass is 32.2. The number of nitrogens with zero attached hydrogens (tertiary/aromatic N) is 2. The van der Waals surface area contributed by atoms with Crippen LogP contribution in [0.4, 0.5) is 0 Å². The first-order valence-electron chi connectivity index (χ1n) is 9.23. The minimum atomic E-state index is -0.620. The van der Waals surface area contributed by atoms with Crippen molar-refractivity contribution >= 4 is 45.2 Å². The summed E-state index contributed by atoms with van der Waals surface area (Å²) in [5.74, 6) is 0.350. The van der Waals surface area contributed by atoms with E-state index < -0.39 is 12.0 Å². The van der Waals surface area contributed by atoms with Crippen LogP contribution in [0.25, 0.3) is 10.2 Å². The fourth-order valence-electron chi connectivity index (χ4n) is 3.31. The number of nitrogens with one attached hydrogen (secondary N) is 1. The molecule has 0 saturated heterocycles. The van der Waals surface area contributed by atoms with Crippen molar-refractivity contribution in [1.29, 1.82) is 0 Å². The number of hydrogen-bond donors (Lipinski definition) is 1. The van der Waals surface area contributed by atoms with Crippen LogP contribution in [0.3, 0.4) is 0 Å². The molecule has 2 aromatic rings. The van der Waals surface area contributed by atoms with E-state index in [1.54, 1.807) is 11.3 Å². The van der Waals surface area contributed by atoms with Gasteiger partial charge in [0.2, 0.25) is 5.91 Å². The summed E-state index contributed by atoms with van der Waals surface area (Å²) in [5, 5.41) is 4.80. The molecular formula is C19H25N3O3S2. The van der Waals surface area contributed by atoms with Crippen LogP contribution in [0.2, 0.25) is 0 Å². The van der Waals surface area contributed by atoms with Gasteiger partial charge in [-0.05, 0) is 37.7 Å². The smallest absolute Gasteiger partial charge is 0.328 e. The third kappa shape index (κ3) is 4.27. The Hall–Kier alpha value is -1.67. The molecule has 0 spiro atoms. The standard InChI is InChI=1S/C19H25N3O3S2/c1-5-10(2)16(19(24)25-4)22-14(23)9-26-17-15-12-7-6-8-13(12)27-18(15)21-11(3)20-17/h10,16H,5-9H2,1-4H3,(H,22,23)/t10-,16+/m0/s1. The molecule has 8 heteroatoms. The topological polar surface area (TPSA) is 81.2 Å². The van der Waals surface area contributed by atoms with Gasteiger partial charge in [0.1, 0.15) is 21.7 Å². The number of aryl methyl sites for hydroxylation is 3. The molecule has 2 heterocycles. The van der Waals surface area contributed by atoms with Crippen LogP contribution in [-0.4, -0.2) is 40.7 Å². The first-order chi connectivity index (χ1) is 12.9. The molecule has 0 bridgehead atoms. The molecule has 1 N–H and O–H groups in total. The number of thiophene rings is 1. The fourth-order valence-corrected chi connectivity index (χ4v) is 5.60. The second-order valence-corrected chi connectivity index (χ2v) is 8.90. The highest BCUT2D eigenvalue weighted by molar-refractivity contribution is 8.00. The first kappa shape index (κ1) is 20.1. The molecule has 2 aromatic heterocycles. The molecule has 1 aliphatic carbocycles. The Balaban J connectivity index is 1.74. The van der Waals surface area contributed by atoms with Crippen molar-refractivity contribution in [3.63, 3.8) is 0 Å². The number of fused-ring (bicyclic) bond motifs is 3. The molecule has 1 aliphatic rings. The average Bonchev–Trinajstić information content (AvgIpc) is 3.23. The van der Waals surface area contributed by atoms with Gasteiger partial charge in [-0.15, -0.1) is 11.3 Å². The lowest BCUT2D eigenvalue weighted by atomic mass is 9.99. The summed E-state index contributed by atoms with van der Waals surface area (Å²) in [4.78, 5) is 36.0. The quantitative estimate of drug-likeness (QED) is 0.431. The predicted molar refractivity (Wildman–Crippen MR) is 108 cm³/mol. The molecule has 27 heavy (non-hydrogen) atoms. The monoisotopic (exact) mass is 407 g/mol. The Labute approximate surface area is 167 Å². The molecular weight excluding hydrogens is 382 g/mol. The molecule has 0 fully saturated rings. The van der Waals surface area contributed by atoms with Gasteiger partial charge >= 0.3 is 5.97 Å². The number of amides is 1. The van der Waals surface area contributed by atoms with Crippen molar-refractivity contribution in [2.24, 2.45) is 5.92 Å². The largest absolute Gasteiger partial charge is 0.467 e. The molecule has 6 nitrogen and oxygen atoms in total. The van der Waals surface area contributed by atoms with Gasteiger partial charge in [-0.25, -0.2) is 14.8 Å². The zero-order chi connectivity index (χ0) is 19.6. The number of esters is 1. The lowest BCUT2D eigenvalue weighted by Crippen LogP contribution is -2.46. The molecule has 0 aromatic carbocycles. The number of methoxy groups -OCH3 is 1. The second-order valence-electron chi connectivity index (χ2n) is 6.86. The van der Waals surface area contributed by atoms with Gasteiger partial charge in [-0.2, -0.15) is 0 Å². The van der Waals surface area contributed by atoms with Crippen molar-refractivity contribution < 1.29 is 14.3 Å². The van der Waals surface area contributed by atoms with Gasteiger partial charge < -0.3 is 10.1 Å². The van der Waals surface area contributed by atoms with E-state index in [4.69, 9.17) is 4.74 Å². The van der Waals surface area contributed by atoms with Crippen LogP contribution in [0.5, 0.6) is 0 Å². The molecule has 2 atom stereocenters. The maximum absolute atomic E-state index is 12.5. The van der Waals surface area contributed by atoms with E-state index in [0.29, 0.717) is 0 Å². The van der Waals surface area contributed by atoms with E-state index in [2.05, 4.69) is 15.3 Å². The summed E-state index contributed by atoms with van der Waals surface area (Å²) >= 11 is 3.16. The van der Waals surface area contributed by atoms with Crippen LogP contribution in [-0.2, 0) is 27.2 Å². The molecule has 3 rings (SSSR count). The van der Waals surface area contributed by atoms with E-state index >= 15 is 0 Å². The van der Waals surface area contributed by atoms with Gasteiger partial charge in [-0.3, -0.25) is 4.79 Å². The summed E-state index contributed by atoms with van der Waals surface area (Å²) in [6, 6.07) is -0.620. The highest BCUT2D eigenvalue weighted by Gasteiger charge is 2.27. The van der Waals surface area contributed by atoms with Gasteiger partial charge in [0, 0.05) is 10.3 Å². The zero-order valence-corrected chi connectivity index (χ0v) is 17.8. The number of ether oxygens (including phenoxy) is 1. The second kappa shape index (κ2) is 8.56. The van der Waals surface area contributed by atoms with Crippen molar-refractivity contribution in [2.45, 2.75) is 57.5 Å². The SMILES string of the molecule is CC[C@H](C)[C@@H](NC(=O)CSc1nc(C)nc2sc3c(c12)CCC3)C(=O)OC. The van der Waals surface area contributed by atoms with E-state index in [1.807, 2.05) is 20.8 Å². The highest BCUT2D eigenvalue weighted by Crippen LogP contribution is 2.40. The molecule has 0 unspecified atom stereocenters. The van der Waals surface area contributed by atoms with Gasteiger partial charge in [-0.1, -0.05) is 32.0 Å². The minimum absolute atomic E-state index is 0.0135. The predicted octanol–water partition coefficient (Wildman–Crippen LogP) is 3.28. The minimum Gasteiger partial charge on any atom is -0.467 e. The summed E-state index contributed by atoms with van der Waals surface area (Å²) < 4.78 is 4.83. The Kier molecular flexibility index (Phi) is 6.37. The van der Waals surface area contributed by atoms with E-state index in [1.165, 1.54) is 35.7 Å². The van der Waals surface area contributed by atoms with Crippen LogP contribution >= 0.6 is 23.1 Å². The molecule has 0 aliphatic heterocycles. The Bertz CT molecular complexity index is 865. The number of hydrogen-bond acceptors (Lipinski definition) is 7. The molecule has 1 amide bonds. The van der Waals surface area contributed by atoms with E-state index in [0.717, 1.165) is 40.3 Å². The third-order valence-corrected chi connectivity index (χ3v) is 7.13. The van der Waals surface area contributed by atoms with Crippen LogP contribution in [0.1, 0.15) is 43.0 Å². The lowest BCUT2D eigenvalue weighted by Gasteiger charge is -2.21. The molecule has 146 valence electrons. The average molecular weight is 408 g/mol. The van der Waals surface area contributed by atoms with Gasteiger partial charge in [0.15, 0.2) is 0 Å². The number of rotatable bonds is 7. The zero-order valence-electron chi connectivity index (χ0n) is 16.1. The lowest BCUT2D eigenvalue weighted by molar-refractivity contribution is -0.146. The Morgan fingerprint density at radius 1 is 1.33 bits per heavy atom. The first-order valence-corrected chi connectivity index (χ1v) is 11.0. The van der Waals surface area contributed by atoms with E-state index in [9.17, 15) is 9.59 Å².